The highest BCUT2D eigenvalue weighted by Crippen LogP contribution is 2.40. The summed E-state index contributed by atoms with van der Waals surface area (Å²) < 4.78 is 5.34. The largest absolute Gasteiger partial charge is 0.335 e. The van der Waals surface area contributed by atoms with Crippen LogP contribution in [0.15, 0.2) is 16.0 Å². The molecule has 2 aromatic heterocycles. The van der Waals surface area contributed by atoms with Crippen LogP contribution in [0, 0.1) is 0 Å². The Labute approximate surface area is 132 Å². The molecular formula is C15H18N4O2S. The lowest BCUT2D eigenvalue weighted by Crippen LogP contribution is -2.36. The van der Waals surface area contributed by atoms with E-state index in [4.69, 9.17) is 4.52 Å². The Morgan fingerprint density at radius 1 is 1.27 bits per heavy atom. The van der Waals surface area contributed by atoms with Gasteiger partial charge in [0, 0.05) is 12.0 Å². The Balaban J connectivity index is 1.45. The van der Waals surface area contributed by atoms with Crippen molar-refractivity contribution < 1.29 is 9.32 Å². The van der Waals surface area contributed by atoms with Crippen molar-refractivity contribution in [2.45, 2.75) is 50.5 Å². The van der Waals surface area contributed by atoms with Crippen LogP contribution in [0.25, 0.3) is 10.8 Å². The van der Waals surface area contributed by atoms with Crippen LogP contribution in [0.2, 0.25) is 0 Å². The average molecular weight is 318 g/mol. The van der Waals surface area contributed by atoms with Gasteiger partial charge in [-0.2, -0.15) is 4.98 Å². The molecule has 0 aromatic carbocycles. The van der Waals surface area contributed by atoms with E-state index in [0.717, 1.165) is 42.1 Å². The minimum absolute atomic E-state index is 0.159. The van der Waals surface area contributed by atoms with Gasteiger partial charge in [0.1, 0.15) is 4.88 Å². The van der Waals surface area contributed by atoms with Gasteiger partial charge in [0.25, 0.3) is 5.89 Å². The molecule has 2 aliphatic rings. The Kier molecular flexibility index (Phi) is 3.57. The molecule has 2 aliphatic carbocycles. The van der Waals surface area contributed by atoms with E-state index in [0.29, 0.717) is 17.9 Å². The third-order valence-electron chi connectivity index (χ3n) is 4.18. The van der Waals surface area contributed by atoms with Crippen LogP contribution in [0.1, 0.15) is 50.3 Å². The second-order valence-electron chi connectivity index (χ2n) is 5.98. The molecule has 0 bridgehead atoms. The third-order valence-corrected chi connectivity index (χ3v) is 5.08. The molecule has 0 atom stereocenters. The first kappa shape index (κ1) is 13.8. The maximum Gasteiger partial charge on any atom is 0.319 e. The van der Waals surface area contributed by atoms with E-state index in [1.807, 2.05) is 11.4 Å². The summed E-state index contributed by atoms with van der Waals surface area (Å²) in [6.45, 7) is 0. The number of rotatable bonds is 4. The number of carbonyl (C=O) groups excluding carboxylic acids is 1. The van der Waals surface area contributed by atoms with E-state index < -0.39 is 0 Å². The average Bonchev–Trinajstić information content (AvgIpc) is 2.95. The third kappa shape index (κ3) is 2.85. The van der Waals surface area contributed by atoms with Crippen molar-refractivity contribution in [2.75, 3.05) is 5.32 Å². The smallest absolute Gasteiger partial charge is 0.319 e. The number of aromatic nitrogens is 2. The lowest BCUT2D eigenvalue weighted by molar-refractivity contribution is 0.248. The van der Waals surface area contributed by atoms with Crippen LogP contribution >= 0.6 is 11.3 Å². The molecule has 116 valence electrons. The van der Waals surface area contributed by atoms with Crippen molar-refractivity contribution in [2.24, 2.45) is 0 Å². The van der Waals surface area contributed by atoms with Gasteiger partial charge in [0.05, 0.1) is 5.69 Å². The van der Waals surface area contributed by atoms with Crippen LogP contribution < -0.4 is 10.6 Å². The molecule has 7 heteroatoms. The fourth-order valence-corrected chi connectivity index (χ4v) is 3.59. The first-order valence-corrected chi connectivity index (χ1v) is 8.66. The van der Waals surface area contributed by atoms with Crippen LogP contribution in [0.5, 0.6) is 0 Å². The number of nitrogens with zero attached hydrogens (tertiary/aromatic N) is 2. The quantitative estimate of drug-likeness (QED) is 0.900. The van der Waals surface area contributed by atoms with Gasteiger partial charge in [-0.15, -0.1) is 11.3 Å². The van der Waals surface area contributed by atoms with Gasteiger partial charge in [-0.25, -0.2) is 4.79 Å². The molecule has 2 N–H and O–H groups in total. The number of anilines is 1. The lowest BCUT2D eigenvalue weighted by Gasteiger charge is -2.12. The van der Waals surface area contributed by atoms with E-state index in [1.54, 1.807) is 0 Å². The maximum atomic E-state index is 12.1. The van der Waals surface area contributed by atoms with Crippen molar-refractivity contribution in [3.8, 4) is 10.8 Å². The van der Waals surface area contributed by atoms with Crippen molar-refractivity contribution in [3.05, 3.63) is 17.3 Å². The molecule has 4 rings (SSSR count). The van der Waals surface area contributed by atoms with Gasteiger partial charge in [0.2, 0.25) is 0 Å². The summed E-state index contributed by atoms with van der Waals surface area (Å²) in [5.41, 5.74) is 0.728. The Bertz CT molecular complexity index is 671. The minimum atomic E-state index is -0.159. The Morgan fingerprint density at radius 3 is 2.86 bits per heavy atom. The summed E-state index contributed by atoms with van der Waals surface area (Å²) in [5.74, 6) is 1.73. The molecule has 2 heterocycles. The standard InChI is InChI=1S/C15H18N4O2S/c20-15(16-10-3-1-2-4-10)17-11-7-8-22-12(11)14-18-13(19-21-14)9-5-6-9/h7-10H,1-6H2,(H2,16,17,20). The number of thiophene rings is 1. The minimum Gasteiger partial charge on any atom is -0.335 e. The second kappa shape index (κ2) is 5.72. The summed E-state index contributed by atoms with van der Waals surface area (Å²) >= 11 is 1.49. The molecule has 6 nitrogen and oxygen atoms in total. The van der Waals surface area contributed by atoms with Crippen molar-refractivity contribution in [1.82, 2.24) is 15.5 Å². The molecule has 0 aliphatic heterocycles. The zero-order chi connectivity index (χ0) is 14.9. The molecule has 2 fully saturated rings. The first-order chi connectivity index (χ1) is 10.8. The highest BCUT2D eigenvalue weighted by molar-refractivity contribution is 7.14. The van der Waals surface area contributed by atoms with E-state index in [1.165, 1.54) is 24.2 Å². The van der Waals surface area contributed by atoms with E-state index in [2.05, 4.69) is 20.8 Å². The molecule has 2 aromatic rings. The summed E-state index contributed by atoms with van der Waals surface area (Å²) in [4.78, 5) is 17.4. The number of hydrogen-bond donors (Lipinski definition) is 2. The molecular weight excluding hydrogens is 300 g/mol. The van der Waals surface area contributed by atoms with Crippen molar-refractivity contribution >= 4 is 23.1 Å². The fraction of sp³-hybridized carbons (Fsp3) is 0.533. The monoisotopic (exact) mass is 318 g/mol. The van der Waals surface area contributed by atoms with Crippen molar-refractivity contribution in [3.63, 3.8) is 0 Å². The summed E-state index contributed by atoms with van der Waals surface area (Å²) in [5, 5.41) is 11.9. The second-order valence-corrected chi connectivity index (χ2v) is 6.89. The van der Waals surface area contributed by atoms with Gasteiger partial charge in [-0.1, -0.05) is 18.0 Å². The van der Waals surface area contributed by atoms with Crippen LogP contribution in [0.4, 0.5) is 10.5 Å². The number of nitrogens with one attached hydrogen (secondary N) is 2. The van der Waals surface area contributed by atoms with Gasteiger partial charge < -0.3 is 15.2 Å². The van der Waals surface area contributed by atoms with Crippen molar-refractivity contribution in [1.29, 1.82) is 0 Å². The first-order valence-electron chi connectivity index (χ1n) is 7.78. The van der Waals surface area contributed by atoms with E-state index in [9.17, 15) is 4.79 Å². The number of carbonyl (C=O) groups is 1. The summed E-state index contributed by atoms with van der Waals surface area (Å²) in [6, 6.07) is 2.01. The highest BCUT2D eigenvalue weighted by Gasteiger charge is 2.29. The molecule has 22 heavy (non-hydrogen) atoms. The number of amides is 2. The van der Waals surface area contributed by atoms with Crippen LogP contribution in [-0.2, 0) is 0 Å². The van der Waals surface area contributed by atoms with Gasteiger partial charge in [0.15, 0.2) is 5.82 Å². The van der Waals surface area contributed by atoms with Gasteiger partial charge in [-0.05, 0) is 37.1 Å². The predicted octanol–water partition coefficient (Wildman–Crippen LogP) is 3.74. The SMILES string of the molecule is O=C(Nc1ccsc1-c1nc(C2CC2)no1)NC1CCCC1. The van der Waals surface area contributed by atoms with Gasteiger partial charge in [-0.3, -0.25) is 0 Å². The topological polar surface area (TPSA) is 80.1 Å². The molecule has 0 unspecified atom stereocenters. The predicted molar refractivity (Wildman–Crippen MR) is 84.0 cm³/mol. The van der Waals surface area contributed by atoms with Gasteiger partial charge >= 0.3 is 6.03 Å². The Hall–Kier alpha value is -1.89. The molecule has 0 spiro atoms. The maximum absolute atomic E-state index is 12.1. The molecule has 2 saturated carbocycles. The highest BCUT2D eigenvalue weighted by atomic mass is 32.1. The molecule has 0 radical (unpaired) electrons. The van der Waals surface area contributed by atoms with E-state index in [-0.39, 0.29) is 6.03 Å². The van der Waals surface area contributed by atoms with Crippen LogP contribution in [-0.4, -0.2) is 22.2 Å². The number of urea groups is 1. The zero-order valence-electron chi connectivity index (χ0n) is 12.2. The fourth-order valence-electron chi connectivity index (χ4n) is 2.82. The molecule has 2 amide bonds. The molecule has 0 saturated heterocycles. The summed E-state index contributed by atoms with van der Waals surface area (Å²) in [7, 11) is 0. The van der Waals surface area contributed by atoms with E-state index >= 15 is 0 Å². The normalized spacial score (nSPS) is 18.5. The Morgan fingerprint density at radius 2 is 2.09 bits per heavy atom. The zero-order valence-corrected chi connectivity index (χ0v) is 13.0. The summed E-state index contributed by atoms with van der Waals surface area (Å²) in [6.07, 6.45) is 6.80. The number of hydrogen-bond acceptors (Lipinski definition) is 5. The van der Waals surface area contributed by atoms with Crippen LogP contribution in [0.3, 0.4) is 0 Å². The lowest BCUT2D eigenvalue weighted by atomic mass is 10.2.